The summed E-state index contributed by atoms with van der Waals surface area (Å²) in [5.74, 6) is 0.479. The quantitative estimate of drug-likeness (QED) is 0.728. The normalized spacial score (nSPS) is 10.9. The molecule has 2 aromatic rings. The molecule has 0 N–H and O–H groups in total. The van der Waals surface area contributed by atoms with Crippen LogP contribution in [0.15, 0.2) is 39.5 Å². The van der Waals surface area contributed by atoms with Gasteiger partial charge in [-0.05, 0) is 31.9 Å². The largest absolute Gasteiger partial charge is 0.263 e. The summed E-state index contributed by atoms with van der Waals surface area (Å²) in [5.41, 5.74) is 0.680. The van der Waals surface area contributed by atoms with Crippen LogP contribution in [0.5, 0.6) is 0 Å². The van der Waals surface area contributed by atoms with Crippen LogP contribution in [0.3, 0.4) is 0 Å². The van der Waals surface area contributed by atoms with Gasteiger partial charge in [0.2, 0.25) is 0 Å². The topological polar surface area (TPSA) is 25.8 Å². The van der Waals surface area contributed by atoms with Gasteiger partial charge in [-0.15, -0.1) is 0 Å². The minimum absolute atomic E-state index is 0.0113. The first-order valence-electron chi connectivity index (χ1n) is 4.65. The van der Waals surface area contributed by atoms with Crippen LogP contribution < -0.4 is 0 Å². The van der Waals surface area contributed by atoms with Crippen LogP contribution in [-0.4, -0.2) is 9.97 Å². The Bertz CT molecular complexity index is 509. The van der Waals surface area contributed by atoms with Gasteiger partial charge >= 0.3 is 0 Å². The first-order valence-corrected chi connectivity index (χ1v) is 6.23. The summed E-state index contributed by atoms with van der Waals surface area (Å²) in [6, 6.07) is 7.61. The van der Waals surface area contributed by atoms with Crippen LogP contribution in [0.25, 0.3) is 11.4 Å². The number of alkyl halides is 2. The average Bonchev–Trinajstić information content (AvgIpc) is 2.28. The third-order valence-corrected chi connectivity index (χ3v) is 2.90. The molecule has 1 heterocycles. The summed E-state index contributed by atoms with van der Waals surface area (Å²) in [4.78, 5) is 8.33. The summed E-state index contributed by atoms with van der Waals surface area (Å²) >= 11 is 6.49. The molecular formula is C11H6Br2F2N2. The maximum Gasteiger partial charge on any atom is 0.263 e. The molecule has 0 amide bonds. The van der Waals surface area contributed by atoms with Crippen molar-refractivity contribution in [3.63, 3.8) is 0 Å². The number of aromatic nitrogens is 2. The lowest BCUT2D eigenvalue weighted by Crippen LogP contribution is -1.91. The Labute approximate surface area is 113 Å². The van der Waals surface area contributed by atoms with Gasteiger partial charge in [0.25, 0.3) is 6.43 Å². The fourth-order valence-electron chi connectivity index (χ4n) is 1.30. The Kier molecular flexibility index (Phi) is 3.83. The molecule has 1 aromatic carbocycles. The number of hydrogen-bond acceptors (Lipinski definition) is 2. The van der Waals surface area contributed by atoms with Crippen molar-refractivity contribution in [2.45, 2.75) is 6.43 Å². The number of rotatable bonds is 2. The summed E-state index contributed by atoms with van der Waals surface area (Å²) in [7, 11) is 0. The molecule has 6 heteroatoms. The van der Waals surface area contributed by atoms with Crippen LogP contribution in [0.1, 0.15) is 12.0 Å². The van der Waals surface area contributed by atoms with Crippen LogP contribution in [-0.2, 0) is 0 Å². The van der Waals surface area contributed by atoms with E-state index in [-0.39, 0.29) is 5.56 Å². The molecular weight excluding hydrogens is 358 g/mol. The van der Waals surface area contributed by atoms with E-state index in [4.69, 9.17) is 0 Å². The summed E-state index contributed by atoms with van der Waals surface area (Å²) < 4.78 is 26.0. The van der Waals surface area contributed by atoms with Crippen LogP contribution >= 0.6 is 31.9 Å². The molecule has 2 rings (SSSR count). The number of hydrogen-bond donors (Lipinski definition) is 0. The molecule has 88 valence electrons. The predicted octanol–water partition coefficient (Wildman–Crippen LogP) is 4.61. The summed E-state index contributed by atoms with van der Waals surface area (Å²) in [6.07, 6.45) is -2.46. The Hall–Kier alpha value is -0.880. The van der Waals surface area contributed by atoms with E-state index in [2.05, 4.69) is 41.8 Å². The Morgan fingerprint density at radius 1 is 0.941 bits per heavy atom. The van der Waals surface area contributed by atoms with Crippen molar-refractivity contribution in [3.8, 4) is 11.4 Å². The average molecular weight is 364 g/mol. The van der Waals surface area contributed by atoms with E-state index in [1.165, 1.54) is 12.1 Å². The SMILES string of the molecule is FC(F)c1ccc(-c2nc(Br)cc(Br)n2)cc1. The zero-order valence-corrected chi connectivity index (χ0v) is 11.5. The van der Waals surface area contributed by atoms with E-state index in [1.807, 2.05) is 0 Å². The number of nitrogens with zero attached hydrogens (tertiary/aromatic N) is 2. The van der Waals surface area contributed by atoms with E-state index in [0.29, 0.717) is 20.6 Å². The maximum absolute atomic E-state index is 12.4. The van der Waals surface area contributed by atoms with Gasteiger partial charge in [0.05, 0.1) is 0 Å². The molecule has 0 aliphatic carbocycles. The van der Waals surface area contributed by atoms with E-state index in [0.717, 1.165) is 0 Å². The second kappa shape index (κ2) is 5.18. The highest BCUT2D eigenvalue weighted by Gasteiger charge is 2.08. The second-order valence-corrected chi connectivity index (χ2v) is 4.88. The van der Waals surface area contributed by atoms with Crippen molar-refractivity contribution in [2.75, 3.05) is 0 Å². The third-order valence-electron chi connectivity index (χ3n) is 2.08. The molecule has 1 aromatic heterocycles. The molecule has 0 aliphatic heterocycles. The van der Waals surface area contributed by atoms with Gasteiger partial charge in [-0.25, -0.2) is 18.7 Å². The monoisotopic (exact) mass is 362 g/mol. The molecule has 0 saturated carbocycles. The van der Waals surface area contributed by atoms with Crippen LogP contribution in [0, 0.1) is 0 Å². The van der Waals surface area contributed by atoms with Crippen molar-refractivity contribution in [2.24, 2.45) is 0 Å². The summed E-state index contributed by atoms with van der Waals surface area (Å²) in [6.45, 7) is 0. The van der Waals surface area contributed by atoms with Crippen molar-refractivity contribution < 1.29 is 8.78 Å². The first kappa shape index (κ1) is 12.6. The van der Waals surface area contributed by atoms with Gasteiger partial charge in [0.15, 0.2) is 5.82 Å². The predicted molar refractivity (Wildman–Crippen MR) is 67.8 cm³/mol. The van der Waals surface area contributed by atoms with E-state index in [1.54, 1.807) is 18.2 Å². The highest BCUT2D eigenvalue weighted by molar-refractivity contribution is 9.11. The lowest BCUT2D eigenvalue weighted by molar-refractivity contribution is 0.151. The van der Waals surface area contributed by atoms with Gasteiger partial charge in [-0.3, -0.25) is 0 Å². The number of halogens is 4. The van der Waals surface area contributed by atoms with Gasteiger partial charge in [0, 0.05) is 17.2 Å². The molecule has 0 fully saturated rings. The van der Waals surface area contributed by atoms with Crippen molar-refractivity contribution >= 4 is 31.9 Å². The maximum atomic E-state index is 12.4. The van der Waals surface area contributed by atoms with E-state index in [9.17, 15) is 8.78 Å². The lowest BCUT2D eigenvalue weighted by atomic mass is 10.1. The Morgan fingerprint density at radius 3 is 1.94 bits per heavy atom. The molecule has 0 unspecified atom stereocenters. The van der Waals surface area contributed by atoms with Crippen molar-refractivity contribution in [3.05, 3.63) is 45.1 Å². The zero-order valence-electron chi connectivity index (χ0n) is 8.37. The molecule has 17 heavy (non-hydrogen) atoms. The Balaban J connectivity index is 2.39. The minimum Gasteiger partial charge on any atom is -0.221 e. The third kappa shape index (κ3) is 3.07. The molecule has 2 nitrogen and oxygen atoms in total. The Morgan fingerprint density at radius 2 is 1.47 bits per heavy atom. The fourth-order valence-corrected chi connectivity index (χ4v) is 2.37. The molecule has 0 atom stereocenters. The highest BCUT2D eigenvalue weighted by atomic mass is 79.9. The van der Waals surface area contributed by atoms with Gasteiger partial charge < -0.3 is 0 Å². The van der Waals surface area contributed by atoms with Crippen LogP contribution in [0.2, 0.25) is 0 Å². The lowest BCUT2D eigenvalue weighted by Gasteiger charge is -2.03. The highest BCUT2D eigenvalue weighted by Crippen LogP contribution is 2.24. The van der Waals surface area contributed by atoms with Gasteiger partial charge in [-0.1, -0.05) is 24.3 Å². The molecule has 0 radical (unpaired) electrons. The van der Waals surface area contributed by atoms with Crippen molar-refractivity contribution in [1.82, 2.24) is 9.97 Å². The van der Waals surface area contributed by atoms with Crippen molar-refractivity contribution in [1.29, 1.82) is 0 Å². The second-order valence-electron chi connectivity index (χ2n) is 3.26. The minimum atomic E-state index is -2.46. The zero-order chi connectivity index (χ0) is 12.4. The molecule has 0 saturated heterocycles. The van der Waals surface area contributed by atoms with E-state index < -0.39 is 6.43 Å². The van der Waals surface area contributed by atoms with Gasteiger partial charge in [0.1, 0.15) is 9.21 Å². The smallest absolute Gasteiger partial charge is 0.221 e. The van der Waals surface area contributed by atoms with Gasteiger partial charge in [-0.2, -0.15) is 0 Å². The molecule has 0 spiro atoms. The van der Waals surface area contributed by atoms with E-state index >= 15 is 0 Å². The fraction of sp³-hybridized carbons (Fsp3) is 0.0909. The first-order chi connectivity index (χ1) is 8.06. The molecule has 0 aliphatic rings. The molecule has 0 bridgehead atoms. The summed E-state index contributed by atoms with van der Waals surface area (Å²) in [5, 5.41) is 0. The van der Waals surface area contributed by atoms with Crippen LogP contribution in [0.4, 0.5) is 8.78 Å². The standard InChI is InChI=1S/C11H6Br2F2N2/c12-8-5-9(13)17-11(16-8)7-3-1-6(2-4-7)10(14)15/h1-5,10H. The number of benzene rings is 1.